The molecule has 0 N–H and O–H groups in total. The molecule has 3 nitrogen and oxygen atoms in total. The first kappa shape index (κ1) is 10.8. The molecule has 0 saturated heterocycles. The number of hydrogen-bond acceptors (Lipinski definition) is 4. The molecule has 0 spiro atoms. The first-order valence-corrected chi connectivity index (χ1v) is 5.72. The first-order valence-electron chi connectivity index (χ1n) is 4.73. The van der Waals surface area contributed by atoms with E-state index in [9.17, 15) is 9.90 Å². The van der Waals surface area contributed by atoms with Crippen LogP contribution >= 0.6 is 11.8 Å². The van der Waals surface area contributed by atoms with E-state index in [1.165, 1.54) is 6.07 Å². The number of carboxylic acids is 1. The number of benzene rings is 1. The van der Waals surface area contributed by atoms with Crippen LogP contribution in [0.4, 0.5) is 0 Å². The largest absolute Gasteiger partial charge is 0.542 e. The van der Waals surface area contributed by atoms with Gasteiger partial charge in [-0.3, -0.25) is 0 Å². The lowest BCUT2D eigenvalue weighted by Gasteiger charge is -1.99. The van der Waals surface area contributed by atoms with Gasteiger partial charge >= 0.3 is 0 Å². The molecular formula is C12H9O3S-. The van der Waals surface area contributed by atoms with Gasteiger partial charge in [-0.2, -0.15) is 0 Å². The molecule has 1 aromatic carbocycles. The topological polar surface area (TPSA) is 53.3 Å². The van der Waals surface area contributed by atoms with Gasteiger partial charge in [-0.05, 0) is 24.3 Å². The third kappa shape index (κ3) is 2.67. The summed E-state index contributed by atoms with van der Waals surface area (Å²) in [5, 5.41) is 10.5. The fraction of sp³-hybridized carbons (Fsp3) is 0.0833. The van der Waals surface area contributed by atoms with Crippen LogP contribution < -0.4 is 5.11 Å². The summed E-state index contributed by atoms with van der Waals surface area (Å²) in [7, 11) is 0. The normalized spacial score (nSPS) is 10.2. The van der Waals surface area contributed by atoms with Gasteiger partial charge in [0.1, 0.15) is 17.5 Å². The highest BCUT2D eigenvalue weighted by Crippen LogP contribution is 2.23. The van der Waals surface area contributed by atoms with Crippen LogP contribution in [0.3, 0.4) is 0 Å². The molecule has 0 aliphatic rings. The predicted molar refractivity (Wildman–Crippen MR) is 59.0 cm³/mol. The Kier molecular flexibility index (Phi) is 3.31. The summed E-state index contributed by atoms with van der Waals surface area (Å²) in [5.41, 5.74) is 0. The summed E-state index contributed by atoms with van der Waals surface area (Å²) in [6.45, 7) is 0. The van der Waals surface area contributed by atoms with E-state index in [0.29, 0.717) is 11.5 Å². The van der Waals surface area contributed by atoms with Crippen molar-refractivity contribution in [1.29, 1.82) is 0 Å². The summed E-state index contributed by atoms with van der Waals surface area (Å²) in [6.07, 6.45) is 0. The van der Waals surface area contributed by atoms with Gasteiger partial charge < -0.3 is 14.3 Å². The molecule has 0 amide bonds. The average molecular weight is 233 g/mol. The number of hydrogen-bond donors (Lipinski definition) is 0. The van der Waals surface area contributed by atoms with Crippen molar-refractivity contribution in [3.8, 4) is 0 Å². The summed E-state index contributed by atoms with van der Waals surface area (Å²) < 4.78 is 5.08. The van der Waals surface area contributed by atoms with Gasteiger partial charge in [0.2, 0.25) is 0 Å². The molecule has 0 atom stereocenters. The van der Waals surface area contributed by atoms with E-state index in [2.05, 4.69) is 0 Å². The van der Waals surface area contributed by atoms with Gasteiger partial charge in [-0.25, -0.2) is 0 Å². The molecule has 16 heavy (non-hydrogen) atoms. The van der Waals surface area contributed by atoms with E-state index in [1.807, 2.05) is 30.3 Å². The highest BCUT2D eigenvalue weighted by molar-refractivity contribution is 7.98. The first-order chi connectivity index (χ1) is 7.75. The number of carbonyl (C=O) groups is 1. The van der Waals surface area contributed by atoms with Crippen molar-refractivity contribution in [2.45, 2.75) is 10.6 Å². The minimum Gasteiger partial charge on any atom is -0.542 e. The fourth-order valence-electron chi connectivity index (χ4n) is 1.24. The van der Waals surface area contributed by atoms with E-state index >= 15 is 0 Å². The highest BCUT2D eigenvalue weighted by Gasteiger charge is 2.03. The lowest BCUT2D eigenvalue weighted by molar-refractivity contribution is -0.257. The zero-order valence-corrected chi connectivity index (χ0v) is 9.20. The van der Waals surface area contributed by atoms with Crippen LogP contribution in [-0.4, -0.2) is 5.97 Å². The average Bonchev–Trinajstić information content (AvgIpc) is 2.76. The summed E-state index contributed by atoms with van der Waals surface area (Å²) in [5.74, 6) is -0.162. The van der Waals surface area contributed by atoms with E-state index in [1.54, 1.807) is 17.8 Å². The lowest BCUT2D eigenvalue weighted by atomic mass is 10.4. The zero-order valence-electron chi connectivity index (χ0n) is 8.38. The molecule has 0 unspecified atom stereocenters. The number of rotatable bonds is 4. The monoisotopic (exact) mass is 233 g/mol. The molecule has 0 bridgehead atoms. The van der Waals surface area contributed by atoms with Crippen LogP contribution in [0.1, 0.15) is 16.3 Å². The van der Waals surface area contributed by atoms with Crippen molar-refractivity contribution in [3.63, 3.8) is 0 Å². The van der Waals surface area contributed by atoms with E-state index < -0.39 is 5.97 Å². The smallest absolute Gasteiger partial charge is 0.149 e. The Morgan fingerprint density at radius 2 is 1.94 bits per heavy atom. The Morgan fingerprint density at radius 1 is 1.19 bits per heavy atom. The molecule has 0 aliphatic heterocycles. The number of aromatic carboxylic acids is 1. The second-order valence-electron chi connectivity index (χ2n) is 3.16. The summed E-state index contributed by atoms with van der Waals surface area (Å²) >= 11 is 1.59. The molecule has 0 radical (unpaired) electrons. The minimum absolute atomic E-state index is 0.122. The molecule has 0 aliphatic carbocycles. The Balaban J connectivity index is 1.97. The van der Waals surface area contributed by atoms with Gasteiger partial charge in [-0.15, -0.1) is 11.8 Å². The SMILES string of the molecule is O=C([O-])c1ccc(CSc2ccccc2)o1. The standard InChI is InChI=1S/C12H10O3S/c13-12(14)11-7-6-9(15-11)8-16-10-4-2-1-3-5-10/h1-7H,8H2,(H,13,14)/p-1. The van der Waals surface area contributed by atoms with Crippen molar-refractivity contribution in [3.05, 3.63) is 54.0 Å². The third-order valence-corrected chi connectivity index (χ3v) is 3.02. The third-order valence-electron chi connectivity index (χ3n) is 1.99. The maximum atomic E-state index is 10.5. The molecule has 0 fully saturated rings. The van der Waals surface area contributed by atoms with Crippen LogP contribution in [0.15, 0.2) is 51.8 Å². The Labute approximate surface area is 97.1 Å². The molecule has 0 saturated carbocycles. The Hall–Kier alpha value is -1.68. The van der Waals surface area contributed by atoms with Gasteiger partial charge in [-0.1, -0.05) is 18.2 Å². The van der Waals surface area contributed by atoms with E-state index in [-0.39, 0.29) is 5.76 Å². The Bertz CT molecular complexity index is 476. The van der Waals surface area contributed by atoms with Crippen LogP contribution in [-0.2, 0) is 5.75 Å². The van der Waals surface area contributed by atoms with Gasteiger partial charge in [0.05, 0.1) is 5.75 Å². The van der Waals surface area contributed by atoms with Crippen LogP contribution in [0.2, 0.25) is 0 Å². The van der Waals surface area contributed by atoms with Gasteiger partial charge in [0.15, 0.2) is 0 Å². The molecule has 4 heteroatoms. The van der Waals surface area contributed by atoms with Crippen molar-refractivity contribution in [1.82, 2.24) is 0 Å². The van der Waals surface area contributed by atoms with Crippen molar-refractivity contribution in [2.75, 3.05) is 0 Å². The van der Waals surface area contributed by atoms with Crippen LogP contribution in [0, 0.1) is 0 Å². The lowest BCUT2D eigenvalue weighted by Crippen LogP contribution is -2.21. The second kappa shape index (κ2) is 4.90. The molecule has 1 heterocycles. The fourth-order valence-corrected chi connectivity index (χ4v) is 2.05. The van der Waals surface area contributed by atoms with Gasteiger partial charge in [0, 0.05) is 4.90 Å². The quantitative estimate of drug-likeness (QED) is 0.757. The van der Waals surface area contributed by atoms with Crippen LogP contribution in [0.25, 0.3) is 0 Å². The number of thioether (sulfide) groups is 1. The summed E-state index contributed by atoms with van der Waals surface area (Å²) in [6, 6.07) is 12.9. The molecule has 82 valence electrons. The molecular weight excluding hydrogens is 224 g/mol. The van der Waals surface area contributed by atoms with Gasteiger partial charge in [0.25, 0.3) is 0 Å². The number of furan rings is 1. The maximum Gasteiger partial charge on any atom is 0.149 e. The molecule has 2 aromatic rings. The van der Waals surface area contributed by atoms with Crippen molar-refractivity contribution >= 4 is 17.7 Å². The second-order valence-corrected chi connectivity index (χ2v) is 4.20. The van der Waals surface area contributed by atoms with Crippen molar-refractivity contribution in [2.24, 2.45) is 0 Å². The highest BCUT2D eigenvalue weighted by atomic mass is 32.2. The summed E-state index contributed by atoms with van der Waals surface area (Å²) in [4.78, 5) is 11.6. The Morgan fingerprint density at radius 3 is 2.56 bits per heavy atom. The molecule has 2 rings (SSSR count). The van der Waals surface area contributed by atoms with Crippen LogP contribution in [0.5, 0.6) is 0 Å². The predicted octanol–water partition coefficient (Wildman–Crippen LogP) is 1.94. The number of carboxylic acid groups (broad SMARTS) is 1. The number of carbonyl (C=O) groups excluding carboxylic acids is 1. The van der Waals surface area contributed by atoms with E-state index in [4.69, 9.17) is 4.42 Å². The van der Waals surface area contributed by atoms with Crippen molar-refractivity contribution < 1.29 is 14.3 Å². The minimum atomic E-state index is -1.28. The van der Waals surface area contributed by atoms with E-state index in [0.717, 1.165) is 4.90 Å². The molecule has 1 aromatic heterocycles. The maximum absolute atomic E-state index is 10.5. The zero-order chi connectivity index (χ0) is 11.4.